The summed E-state index contributed by atoms with van der Waals surface area (Å²) >= 11 is 0. The summed E-state index contributed by atoms with van der Waals surface area (Å²) in [6.45, 7) is 2.36. The number of oxazole rings is 1. The van der Waals surface area contributed by atoms with Crippen LogP contribution in [0.25, 0.3) is 11.1 Å². The molecule has 1 aromatic heterocycles. The van der Waals surface area contributed by atoms with Crippen LogP contribution in [0.5, 0.6) is 0 Å². The number of hydrogen-bond donors (Lipinski definition) is 1. The number of non-ortho nitro benzene ring substituents is 1. The summed E-state index contributed by atoms with van der Waals surface area (Å²) in [7, 11) is 0. The lowest BCUT2D eigenvalue weighted by molar-refractivity contribution is -0.384. The second kappa shape index (κ2) is 9.18. The first-order valence-corrected chi connectivity index (χ1v) is 9.61. The highest BCUT2D eigenvalue weighted by Crippen LogP contribution is 2.21. The highest BCUT2D eigenvalue weighted by Gasteiger charge is 2.16. The summed E-state index contributed by atoms with van der Waals surface area (Å²) in [5, 5.41) is 13.9. The molecule has 0 bridgehead atoms. The number of nitro groups is 1. The van der Waals surface area contributed by atoms with E-state index in [1.807, 2.05) is 30.3 Å². The molecule has 152 valence electrons. The maximum absolute atomic E-state index is 12.4. The molecule has 0 aliphatic heterocycles. The smallest absolute Gasteiger partial charge is 0.407 e. The third-order valence-electron chi connectivity index (χ3n) is 4.76. The molecule has 29 heavy (non-hydrogen) atoms. The van der Waals surface area contributed by atoms with E-state index in [0.29, 0.717) is 18.5 Å². The topological polar surface area (TPSA) is 107 Å². The van der Waals surface area contributed by atoms with Crippen LogP contribution in [0.2, 0.25) is 0 Å². The van der Waals surface area contributed by atoms with Crippen molar-refractivity contribution in [2.75, 3.05) is 0 Å². The van der Waals surface area contributed by atoms with E-state index in [9.17, 15) is 19.7 Å². The summed E-state index contributed by atoms with van der Waals surface area (Å²) in [6, 6.07) is 13.8. The highest BCUT2D eigenvalue weighted by molar-refractivity contribution is 5.77. The Morgan fingerprint density at radius 2 is 2.00 bits per heavy atom. The van der Waals surface area contributed by atoms with Crippen molar-refractivity contribution in [1.82, 2.24) is 9.88 Å². The van der Waals surface area contributed by atoms with Crippen LogP contribution in [0.3, 0.4) is 0 Å². The third kappa shape index (κ3) is 4.90. The van der Waals surface area contributed by atoms with Crippen LogP contribution in [0, 0.1) is 10.1 Å². The van der Waals surface area contributed by atoms with Crippen LogP contribution in [-0.4, -0.2) is 15.4 Å². The van der Waals surface area contributed by atoms with E-state index < -0.39 is 10.7 Å². The molecule has 0 radical (unpaired) electrons. The molecule has 0 saturated heterocycles. The Balaban J connectivity index is 1.62. The normalized spacial score (nSPS) is 12.0. The Labute approximate surface area is 167 Å². The second-order valence-electron chi connectivity index (χ2n) is 6.85. The van der Waals surface area contributed by atoms with Crippen molar-refractivity contribution in [3.05, 3.63) is 74.8 Å². The molecule has 1 atom stereocenters. The van der Waals surface area contributed by atoms with Crippen LogP contribution >= 0.6 is 0 Å². The summed E-state index contributed by atoms with van der Waals surface area (Å²) in [4.78, 5) is 34.8. The van der Waals surface area contributed by atoms with Crippen molar-refractivity contribution in [2.24, 2.45) is 0 Å². The minimum atomic E-state index is -0.589. The lowest BCUT2D eigenvalue weighted by Crippen LogP contribution is -2.28. The summed E-state index contributed by atoms with van der Waals surface area (Å²) in [6.07, 6.45) is 2.51. The van der Waals surface area contributed by atoms with E-state index in [1.165, 1.54) is 22.8 Å². The van der Waals surface area contributed by atoms with Gasteiger partial charge in [0, 0.05) is 19.0 Å². The maximum Gasteiger partial charge on any atom is 0.419 e. The zero-order chi connectivity index (χ0) is 20.8. The lowest BCUT2D eigenvalue weighted by atomic mass is 10.0. The van der Waals surface area contributed by atoms with Gasteiger partial charge in [0.2, 0.25) is 5.91 Å². The van der Waals surface area contributed by atoms with Crippen molar-refractivity contribution in [2.45, 2.75) is 45.2 Å². The standard InChI is InChI=1S/C21H23N3O5/c1-2-7-17(15-8-4-3-5-9-15)22-20(25)10-6-13-23-18-12-11-16(24(27)28)14-19(18)29-21(23)26/h3-5,8-9,11-12,14,17H,2,6-7,10,13H2,1H3,(H,22,25). The zero-order valence-electron chi connectivity index (χ0n) is 16.2. The molecule has 1 unspecified atom stereocenters. The molecule has 8 heteroatoms. The van der Waals surface area contributed by atoms with Gasteiger partial charge in [-0.1, -0.05) is 43.7 Å². The monoisotopic (exact) mass is 397 g/mol. The number of benzene rings is 2. The Kier molecular flexibility index (Phi) is 6.43. The number of carbonyl (C=O) groups excluding carboxylic acids is 1. The number of aryl methyl sites for hydroxylation is 1. The molecule has 1 N–H and O–H groups in total. The van der Waals surface area contributed by atoms with Crippen molar-refractivity contribution in [3.8, 4) is 0 Å². The first kappa shape index (κ1) is 20.3. The third-order valence-corrected chi connectivity index (χ3v) is 4.76. The van der Waals surface area contributed by atoms with Crippen molar-refractivity contribution in [3.63, 3.8) is 0 Å². The minimum absolute atomic E-state index is 0.0354. The molecule has 0 aliphatic rings. The van der Waals surface area contributed by atoms with Crippen LogP contribution in [-0.2, 0) is 11.3 Å². The maximum atomic E-state index is 12.4. The Morgan fingerprint density at radius 3 is 2.69 bits per heavy atom. The summed E-state index contributed by atoms with van der Waals surface area (Å²) in [5.41, 5.74) is 1.58. The number of aromatic nitrogens is 1. The number of nitro benzene ring substituents is 1. The van der Waals surface area contributed by atoms with Crippen molar-refractivity contribution >= 4 is 22.7 Å². The van der Waals surface area contributed by atoms with Gasteiger partial charge >= 0.3 is 5.76 Å². The van der Waals surface area contributed by atoms with Gasteiger partial charge in [0.1, 0.15) is 0 Å². The fourth-order valence-corrected chi connectivity index (χ4v) is 3.34. The summed E-state index contributed by atoms with van der Waals surface area (Å²) in [5.74, 6) is -0.669. The number of rotatable bonds is 9. The Bertz CT molecular complexity index is 1060. The molecule has 1 heterocycles. The fourth-order valence-electron chi connectivity index (χ4n) is 3.34. The highest BCUT2D eigenvalue weighted by atomic mass is 16.6. The molecule has 3 aromatic rings. The summed E-state index contributed by atoms with van der Waals surface area (Å²) < 4.78 is 6.50. The van der Waals surface area contributed by atoms with E-state index in [-0.39, 0.29) is 29.6 Å². The Morgan fingerprint density at radius 1 is 1.24 bits per heavy atom. The van der Waals surface area contributed by atoms with Gasteiger partial charge < -0.3 is 9.73 Å². The van der Waals surface area contributed by atoms with E-state index in [4.69, 9.17) is 4.42 Å². The molecule has 0 saturated carbocycles. The van der Waals surface area contributed by atoms with Crippen molar-refractivity contribution in [1.29, 1.82) is 0 Å². The molecule has 1 amide bonds. The fraction of sp³-hybridized carbons (Fsp3) is 0.333. The molecule has 0 aliphatic carbocycles. The van der Waals surface area contributed by atoms with Crippen LogP contribution in [0.15, 0.2) is 57.7 Å². The number of fused-ring (bicyclic) bond motifs is 1. The zero-order valence-corrected chi connectivity index (χ0v) is 16.2. The number of carbonyl (C=O) groups is 1. The lowest BCUT2D eigenvalue weighted by Gasteiger charge is -2.18. The number of hydrogen-bond acceptors (Lipinski definition) is 5. The van der Waals surface area contributed by atoms with Crippen molar-refractivity contribution < 1.29 is 14.1 Å². The number of nitrogens with zero attached hydrogens (tertiary/aromatic N) is 2. The Hall–Kier alpha value is -3.42. The van der Waals surface area contributed by atoms with E-state index in [1.54, 1.807) is 0 Å². The SMILES string of the molecule is CCCC(NC(=O)CCCn1c(=O)oc2cc([N+](=O)[O-])ccc21)c1ccccc1. The van der Waals surface area contributed by atoms with Crippen LogP contribution in [0.1, 0.15) is 44.2 Å². The van der Waals surface area contributed by atoms with Gasteiger partial charge in [-0.15, -0.1) is 0 Å². The molecular formula is C21H23N3O5. The van der Waals surface area contributed by atoms with Gasteiger partial charge in [-0.3, -0.25) is 19.5 Å². The van der Waals surface area contributed by atoms with Gasteiger partial charge in [-0.05, 0) is 24.5 Å². The van der Waals surface area contributed by atoms with Gasteiger partial charge in [-0.25, -0.2) is 4.79 Å². The predicted molar refractivity (Wildman–Crippen MR) is 109 cm³/mol. The molecular weight excluding hydrogens is 374 g/mol. The quantitative estimate of drug-likeness (QED) is 0.435. The van der Waals surface area contributed by atoms with Gasteiger partial charge in [0.05, 0.1) is 22.5 Å². The average molecular weight is 397 g/mol. The first-order chi connectivity index (χ1) is 14.0. The number of nitrogens with one attached hydrogen (secondary N) is 1. The largest absolute Gasteiger partial charge is 0.419 e. The number of amides is 1. The average Bonchev–Trinajstić information content (AvgIpc) is 3.03. The molecule has 2 aromatic carbocycles. The van der Waals surface area contributed by atoms with Gasteiger partial charge in [0.15, 0.2) is 5.58 Å². The molecule has 3 rings (SSSR count). The first-order valence-electron chi connectivity index (χ1n) is 9.61. The van der Waals surface area contributed by atoms with E-state index in [2.05, 4.69) is 12.2 Å². The van der Waals surface area contributed by atoms with Crippen LogP contribution < -0.4 is 11.1 Å². The molecule has 0 spiro atoms. The van der Waals surface area contributed by atoms with E-state index in [0.717, 1.165) is 18.4 Å². The van der Waals surface area contributed by atoms with Gasteiger partial charge in [0.25, 0.3) is 5.69 Å². The minimum Gasteiger partial charge on any atom is -0.407 e. The van der Waals surface area contributed by atoms with Gasteiger partial charge in [-0.2, -0.15) is 0 Å². The predicted octanol–water partition coefficient (Wildman–Crippen LogP) is 3.94. The molecule has 0 fully saturated rings. The van der Waals surface area contributed by atoms with E-state index >= 15 is 0 Å². The molecule has 8 nitrogen and oxygen atoms in total. The second-order valence-corrected chi connectivity index (χ2v) is 6.85. The van der Waals surface area contributed by atoms with Crippen LogP contribution in [0.4, 0.5) is 5.69 Å².